The summed E-state index contributed by atoms with van der Waals surface area (Å²) < 4.78 is 12.2. The Labute approximate surface area is 186 Å². The van der Waals surface area contributed by atoms with Gasteiger partial charge in [-0.25, -0.2) is 4.98 Å². The lowest BCUT2D eigenvalue weighted by Crippen LogP contribution is -2.49. The van der Waals surface area contributed by atoms with Crippen molar-refractivity contribution >= 4 is 57.2 Å². The molecule has 2 aromatic rings. The standard InChI is InChI=1S/C17H20N2O2S.C2H5IS2/c20-17(13-10-15(22-11-13)16-18-7-9-21-16)19-8-3-5-12-4-1-2-6-14(12)19;1-2-4-5-3/h7,9-12,14H,1-6,8H2;2H2,1H3/i;2D. The number of aromatic nitrogens is 1. The highest BCUT2D eigenvalue weighted by molar-refractivity contribution is 14.2. The van der Waals surface area contributed by atoms with Gasteiger partial charge in [0, 0.05) is 46.3 Å². The van der Waals surface area contributed by atoms with Crippen molar-refractivity contribution in [2.24, 2.45) is 5.92 Å². The Morgan fingerprint density at radius 1 is 1.44 bits per heavy atom. The van der Waals surface area contributed by atoms with Crippen molar-refractivity contribution < 1.29 is 10.6 Å². The number of hydrogen-bond acceptors (Lipinski definition) is 6. The van der Waals surface area contributed by atoms with Gasteiger partial charge in [-0.3, -0.25) is 4.79 Å². The van der Waals surface area contributed by atoms with Crippen molar-refractivity contribution in [3.05, 3.63) is 29.5 Å². The SMILES string of the molecule is O=C(c1csc(-c2ncco2)c1)N1CCCC2CCCCC21.[2H]C(C)SSI. The zero-order chi connectivity index (χ0) is 19.9. The summed E-state index contributed by atoms with van der Waals surface area (Å²) in [5, 5.41) is 1.94. The summed E-state index contributed by atoms with van der Waals surface area (Å²) in [6, 6.07) is 2.38. The molecule has 3 unspecified atom stereocenters. The number of rotatable bonds is 4. The van der Waals surface area contributed by atoms with Crippen LogP contribution < -0.4 is 0 Å². The van der Waals surface area contributed by atoms with Gasteiger partial charge in [-0.05, 0) is 45.6 Å². The normalized spacial score (nSPS) is 23.6. The summed E-state index contributed by atoms with van der Waals surface area (Å²) in [5.74, 6) is 1.50. The number of carbonyl (C=O) groups excluding carboxylic acids is 1. The Kier molecular flexibility index (Phi) is 8.27. The number of piperidine rings is 1. The number of carbonyl (C=O) groups is 1. The van der Waals surface area contributed by atoms with Gasteiger partial charge in [-0.2, -0.15) is 0 Å². The number of hydrogen-bond donors (Lipinski definition) is 0. The minimum absolute atomic E-state index is 0.0203. The Hall–Kier alpha value is -0.190. The van der Waals surface area contributed by atoms with Crippen molar-refractivity contribution in [1.29, 1.82) is 0 Å². The molecule has 27 heavy (non-hydrogen) atoms. The molecule has 3 atom stereocenters. The van der Waals surface area contributed by atoms with Crippen LogP contribution in [-0.4, -0.2) is 34.1 Å². The number of likely N-dealkylation sites (tertiary alicyclic amines) is 1. The number of fused-ring (bicyclic) bond motifs is 1. The van der Waals surface area contributed by atoms with Gasteiger partial charge in [0.25, 0.3) is 5.91 Å². The van der Waals surface area contributed by atoms with E-state index in [9.17, 15) is 4.79 Å². The van der Waals surface area contributed by atoms with Crippen LogP contribution in [-0.2, 0) is 0 Å². The number of nitrogens with zero attached hydrogens (tertiary/aromatic N) is 2. The maximum atomic E-state index is 12.9. The van der Waals surface area contributed by atoms with E-state index in [2.05, 4.69) is 31.1 Å². The van der Waals surface area contributed by atoms with E-state index in [-0.39, 0.29) is 11.6 Å². The van der Waals surface area contributed by atoms with Gasteiger partial charge in [0.2, 0.25) is 5.89 Å². The van der Waals surface area contributed by atoms with E-state index in [1.54, 1.807) is 31.2 Å². The van der Waals surface area contributed by atoms with Crippen molar-refractivity contribution in [1.82, 2.24) is 9.88 Å². The summed E-state index contributed by atoms with van der Waals surface area (Å²) in [7, 11) is 3.16. The third-order valence-electron chi connectivity index (χ3n) is 5.13. The highest BCUT2D eigenvalue weighted by Crippen LogP contribution is 2.36. The fraction of sp³-hybridized carbons (Fsp3) is 0.579. The summed E-state index contributed by atoms with van der Waals surface area (Å²) in [6.07, 6.45) is 10.7. The van der Waals surface area contributed by atoms with Crippen LogP contribution in [0.15, 0.2) is 28.3 Å². The van der Waals surface area contributed by atoms with E-state index in [0.29, 0.717) is 11.9 Å². The summed E-state index contributed by atoms with van der Waals surface area (Å²) in [5.41, 5.74) is 0.802. The molecule has 1 amide bonds. The van der Waals surface area contributed by atoms with Gasteiger partial charge in [0.15, 0.2) is 0 Å². The van der Waals surface area contributed by atoms with Gasteiger partial charge < -0.3 is 9.32 Å². The first-order valence-electron chi connectivity index (χ1n) is 9.83. The van der Waals surface area contributed by atoms with Crippen LogP contribution in [0.4, 0.5) is 0 Å². The molecule has 148 valence electrons. The van der Waals surface area contributed by atoms with Gasteiger partial charge in [0.1, 0.15) is 6.26 Å². The van der Waals surface area contributed by atoms with Crippen LogP contribution in [0.25, 0.3) is 10.8 Å². The Balaban J connectivity index is 0.000000330. The third kappa shape index (κ3) is 5.67. The molecular formula is C19H25IN2O2S3. The molecule has 1 aliphatic heterocycles. The minimum atomic E-state index is 0.0203. The molecule has 1 aliphatic carbocycles. The van der Waals surface area contributed by atoms with Crippen LogP contribution in [0.3, 0.4) is 0 Å². The zero-order valence-electron chi connectivity index (χ0n) is 16.3. The van der Waals surface area contributed by atoms with Crippen LogP contribution in [0, 0.1) is 5.92 Å². The van der Waals surface area contributed by atoms with E-state index in [4.69, 9.17) is 5.79 Å². The molecule has 0 bridgehead atoms. The smallest absolute Gasteiger partial charge is 0.254 e. The van der Waals surface area contributed by atoms with Gasteiger partial charge in [0.05, 0.1) is 16.6 Å². The Morgan fingerprint density at radius 2 is 2.26 bits per heavy atom. The molecule has 2 aliphatic rings. The first kappa shape index (κ1) is 20.1. The highest BCUT2D eigenvalue weighted by atomic mass is 127. The summed E-state index contributed by atoms with van der Waals surface area (Å²) in [6.45, 7) is 2.76. The maximum absolute atomic E-state index is 12.9. The second-order valence-corrected chi connectivity index (χ2v) is 12.6. The lowest BCUT2D eigenvalue weighted by molar-refractivity contribution is 0.0391. The second-order valence-electron chi connectivity index (χ2n) is 6.68. The van der Waals surface area contributed by atoms with E-state index >= 15 is 0 Å². The van der Waals surface area contributed by atoms with Crippen molar-refractivity contribution in [2.75, 3.05) is 12.3 Å². The molecular weight excluding hydrogens is 511 g/mol. The average Bonchev–Trinajstić information content (AvgIpc) is 3.39. The fourth-order valence-corrected chi connectivity index (χ4v) is 6.96. The van der Waals surface area contributed by atoms with E-state index < -0.39 is 0 Å². The lowest BCUT2D eigenvalue weighted by atomic mass is 9.78. The van der Waals surface area contributed by atoms with E-state index in [1.165, 1.54) is 43.4 Å². The second kappa shape index (κ2) is 11.1. The quantitative estimate of drug-likeness (QED) is 0.313. The van der Waals surface area contributed by atoms with Crippen molar-refractivity contribution in [2.45, 2.75) is 51.5 Å². The monoisotopic (exact) mass is 537 g/mol. The first-order chi connectivity index (χ1) is 13.6. The highest BCUT2D eigenvalue weighted by Gasteiger charge is 2.36. The zero-order valence-corrected chi connectivity index (χ0v) is 19.9. The number of halogens is 1. The van der Waals surface area contributed by atoms with E-state index in [1.807, 2.05) is 18.4 Å². The minimum Gasteiger partial charge on any atom is -0.444 e. The summed E-state index contributed by atoms with van der Waals surface area (Å²) in [4.78, 5) is 20.1. The Bertz CT molecular complexity index is 739. The van der Waals surface area contributed by atoms with Crippen molar-refractivity contribution in [3.63, 3.8) is 0 Å². The molecule has 1 saturated carbocycles. The molecule has 4 rings (SSSR count). The van der Waals surface area contributed by atoms with Gasteiger partial charge >= 0.3 is 0 Å². The third-order valence-corrected chi connectivity index (χ3v) is 8.97. The largest absolute Gasteiger partial charge is 0.444 e. The summed E-state index contributed by atoms with van der Waals surface area (Å²) >= 11 is 3.69. The molecule has 1 saturated heterocycles. The number of amides is 1. The molecule has 3 heterocycles. The molecule has 0 N–H and O–H groups in total. The van der Waals surface area contributed by atoms with Crippen LogP contribution >= 0.6 is 51.3 Å². The number of oxazole rings is 1. The molecule has 2 aromatic heterocycles. The van der Waals surface area contributed by atoms with Crippen LogP contribution in [0.1, 0.15) is 57.2 Å². The Morgan fingerprint density at radius 3 is 2.96 bits per heavy atom. The van der Waals surface area contributed by atoms with Gasteiger partial charge in [-0.15, -0.1) is 11.3 Å². The average molecular weight is 538 g/mol. The molecule has 2 fully saturated rings. The predicted octanol–water partition coefficient (Wildman–Crippen LogP) is 6.94. The van der Waals surface area contributed by atoms with Gasteiger partial charge in [-0.1, -0.05) is 30.6 Å². The maximum Gasteiger partial charge on any atom is 0.254 e. The molecule has 8 heteroatoms. The topological polar surface area (TPSA) is 46.3 Å². The lowest BCUT2D eigenvalue weighted by Gasteiger charge is -2.44. The fourth-order valence-electron chi connectivity index (χ4n) is 3.98. The molecule has 4 nitrogen and oxygen atoms in total. The van der Waals surface area contributed by atoms with Crippen LogP contribution in [0.2, 0.25) is 0 Å². The van der Waals surface area contributed by atoms with Crippen molar-refractivity contribution in [3.8, 4) is 10.8 Å². The molecule has 0 aromatic carbocycles. The number of thiophene rings is 1. The van der Waals surface area contributed by atoms with E-state index in [0.717, 1.165) is 29.3 Å². The molecule has 0 spiro atoms. The predicted molar refractivity (Wildman–Crippen MR) is 126 cm³/mol. The molecule has 0 radical (unpaired) electrons. The first-order valence-corrected chi connectivity index (χ1v) is 14.9. The van der Waals surface area contributed by atoms with Crippen LogP contribution in [0.5, 0.6) is 0 Å².